The van der Waals surface area contributed by atoms with Gasteiger partial charge >= 0.3 is 0 Å². The molecule has 0 unspecified atom stereocenters. The largest absolute Gasteiger partial charge is 0.359 e. The van der Waals surface area contributed by atoms with Crippen molar-refractivity contribution in [3.8, 4) is 6.07 Å². The molecule has 2 aromatic rings. The van der Waals surface area contributed by atoms with Gasteiger partial charge in [0.15, 0.2) is 5.78 Å². The number of benzene rings is 2. The van der Waals surface area contributed by atoms with Crippen molar-refractivity contribution in [3.63, 3.8) is 0 Å². The lowest BCUT2D eigenvalue weighted by molar-refractivity contribution is -0.131. The third-order valence-corrected chi connectivity index (χ3v) is 4.72. The van der Waals surface area contributed by atoms with E-state index >= 15 is 0 Å². The Kier molecular flexibility index (Phi) is 5.24. The number of Topliss-reactive ketones (excluding diaryl/α,β-unsaturated/α-hetero) is 1. The predicted octanol–water partition coefficient (Wildman–Crippen LogP) is 3.26. The number of nitriles is 1. The number of piperazine rings is 1. The third-order valence-electron chi connectivity index (χ3n) is 4.47. The summed E-state index contributed by atoms with van der Waals surface area (Å²) < 4.78 is 0. The Bertz CT molecular complexity index is 887. The van der Waals surface area contributed by atoms with Crippen LogP contribution < -0.4 is 4.90 Å². The number of anilines is 1. The van der Waals surface area contributed by atoms with Crippen molar-refractivity contribution < 1.29 is 9.59 Å². The molecule has 0 bridgehead atoms. The molecule has 0 spiro atoms. The number of carbonyl (C=O) groups is 2. The number of hydrogen-bond donors (Lipinski definition) is 0. The topological polar surface area (TPSA) is 64.4 Å². The molecule has 6 heteroatoms. The molecule has 1 saturated heterocycles. The van der Waals surface area contributed by atoms with E-state index in [1.807, 2.05) is 29.2 Å². The first-order valence-corrected chi connectivity index (χ1v) is 8.68. The molecule has 0 saturated carbocycles. The van der Waals surface area contributed by atoms with Crippen molar-refractivity contribution >= 4 is 29.0 Å². The molecule has 0 N–H and O–H groups in total. The summed E-state index contributed by atoms with van der Waals surface area (Å²) in [7, 11) is 0. The van der Waals surface area contributed by atoms with Crippen LogP contribution in [0.5, 0.6) is 0 Å². The van der Waals surface area contributed by atoms with Crippen LogP contribution >= 0.6 is 11.6 Å². The molecule has 1 aliphatic rings. The maximum absolute atomic E-state index is 12.6. The van der Waals surface area contributed by atoms with Crippen molar-refractivity contribution in [3.05, 3.63) is 64.2 Å². The molecular formula is C20H18ClN3O2. The highest BCUT2D eigenvalue weighted by atomic mass is 35.5. The second-order valence-electron chi connectivity index (χ2n) is 6.26. The number of ketones is 1. The lowest BCUT2D eigenvalue weighted by Gasteiger charge is -2.36. The van der Waals surface area contributed by atoms with Crippen LogP contribution in [0.15, 0.2) is 42.5 Å². The summed E-state index contributed by atoms with van der Waals surface area (Å²) in [6.07, 6.45) is 0. The van der Waals surface area contributed by atoms with E-state index in [9.17, 15) is 14.9 Å². The number of carbonyl (C=O) groups excluding carboxylic acids is 2. The zero-order valence-electron chi connectivity index (χ0n) is 14.4. The summed E-state index contributed by atoms with van der Waals surface area (Å²) in [6, 6.07) is 14.6. The zero-order chi connectivity index (χ0) is 18.7. The van der Waals surface area contributed by atoms with Gasteiger partial charge in [-0.05, 0) is 42.8 Å². The maximum atomic E-state index is 12.6. The van der Waals surface area contributed by atoms with Crippen LogP contribution in [0, 0.1) is 11.3 Å². The lowest BCUT2D eigenvalue weighted by atomic mass is 10.1. The fraction of sp³-hybridized carbons (Fsp3) is 0.250. The highest BCUT2D eigenvalue weighted by molar-refractivity contribution is 6.30. The summed E-state index contributed by atoms with van der Waals surface area (Å²) in [5.41, 5.74) is 2.66. The standard InChI is InChI=1S/C20H18ClN3O2/c1-14(25)16-4-5-17(11-22)19(10-16)23-8-9-24(20(26)13-23)12-15-2-6-18(21)7-3-15/h2-7,10H,8-9,12-13H2,1H3. The fourth-order valence-electron chi connectivity index (χ4n) is 3.00. The van der Waals surface area contributed by atoms with E-state index in [1.54, 1.807) is 23.1 Å². The molecule has 26 heavy (non-hydrogen) atoms. The molecule has 2 aromatic carbocycles. The van der Waals surface area contributed by atoms with Crippen LogP contribution in [0.3, 0.4) is 0 Å². The summed E-state index contributed by atoms with van der Waals surface area (Å²) in [6.45, 7) is 3.36. The average molecular weight is 368 g/mol. The second-order valence-corrected chi connectivity index (χ2v) is 6.70. The molecule has 0 aliphatic carbocycles. The molecule has 0 radical (unpaired) electrons. The van der Waals surface area contributed by atoms with Gasteiger partial charge in [0, 0.05) is 30.2 Å². The quantitative estimate of drug-likeness (QED) is 0.778. The molecule has 1 heterocycles. The Balaban J connectivity index is 1.75. The third kappa shape index (κ3) is 3.87. The number of halogens is 1. The predicted molar refractivity (Wildman–Crippen MR) is 100 cm³/mol. The van der Waals surface area contributed by atoms with Gasteiger partial charge in [-0.15, -0.1) is 0 Å². The van der Waals surface area contributed by atoms with Crippen LogP contribution in [-0.4, -0.2) is 36.2 Å². The van der Waals surface area contributed by atoms with Crippen molar-refractivity contribution in [2.45, 2.75) is 13.5 Å². The number of hydrogen-bond acceptors (Lipinski definition) is 4. The summed E-state index contributed by atoms with van der Waals surface area (Å²) in [5, 5.41) is 10.0. The Morgan fingerprint density at radius 3 is 2.54 bits per heavy atom. The van der Waals surface area contributed by atoms with Crippen molar-refractivity contribution in [1.82, 2.24) is 4.90 Å². The molecule has 5 nitrogen and oxygen atoms in total. The van der Waals surface area contributed by atoms with Gasteiger partial charge in [-0.1, -0.05) is 23.7 Å². The molecule has 3 rings (SSSR count). The van der Waals surface area contributed by atoms with Crippen molar-refractivity contribution in [1.29, 1.82) is 5.26 Å². The highest BCUT2D eigenvalue weighted by Crippen LogP contribution is 2.24. The molecular weight excluding hydrogens is 350 g/mol. The first kappa shape index (κ1) is 18.0. The Morgan fingerprint density at radius 2 is 1.92 bits per heavy atom. The van der Waals surface area contributed by atoms with Crippen molar-refractivity contribution in [2.75, 3.05) is 24.5 Å². The van der Waals surface area contributed by atoms with Gasteiger partial charge in [-0.25, -0.2) is 0 Å². The molecule has 132 valence electrons. The first-order chi connectivity index (χ1) is 12.5. The molecule has 1 fully saturated rings. The van der Waals surface area contributed by atoms with Crippen LogP contribution in [0.25, 0.3) is 0 Å². The van der Waals surface area contributed by atoms with Crippen LogP contribution in [0.4, 0.5) is 5.69 Å². The van der Waals surface area contributed by atoms with Gasteiger partial charge in [0.1, 0.15) is 6.07 Å². The van der Waals surface area contributed by atoms with E-state index in [-0.39, 0.29) is 18.2 Å². The van der Waals surface area contributed by atoms with Gasteiger partial charge in [0.25, 0.3) is 0 Å². The van der Waals surface area contributed by atoms with Crippen LogP contribution in [0.1, 0.15) is 28.4 Å². The van der Waals surface area contributed by atoms with E-state index in [1.165, 1.54) is 6.92 Å². The second kappa shape index (κ2) is 7.59. The SMILES string of the molecule is CC(=O)c1ccc(C#N)c(N2CCN(Cc3ccc(Cl)cc3)C(=O)C2)c1. The van der Waals surface area contributed by atoms with E-state index in [4.69, 9.17) is 11.6 Å². The minimum atomic E-state index is -0.0663. The Hall–Kier alpha value is -2.84. The lowest BCUT2D eigenvalue weighted by Crippen LogP contribution is -2.50. The number of nitrogens with zero attached hydrogens (tertiary/aromatic N) is 3. The van der Waals surface area contributed by atoms with Gasteiger partial charge in [0.05, 0.1) is 17.8 Å². The first-order valence-electron chi connectivity index (χ1n) is 8.30. The van der Waals surface area contributed by atoms with Gasteiger partial charge in [-0.2, -0.15) is 5.26 Å². The Morgan fingerprint density at radius 1 is 1.19 bits per heavy atom. The van der Waals surface area contributed by atoms with E-state index in [0.29, 0.717) is 41.5 Å². The smallest absolute Gasteiger partial charge is 0.242 e. The van der Waals surface area contributed by atoms with Gasteiger partial charge in [0.2, 0.25) is 5.91 Å². The van der Waals surface area contributed by atoms with E-state index in [2.05, 4.69) is 6.07 Å². The number of amides is 1. The minimum absolute atomic E-state index is 0.0108. The van der Waals surface area contributed by atoms with Crippen LogP contribution in [-0.2, 0) is 11.3 Å². The number of rotatable bonds is 4. The molecule has 1 aliphatic heterocycles. The van der Waals surface area contributed by atoms with E-state index < -0.39 is 0 Å². The zero-order valence-corrected chi connectivity index (χ0v) is 15.2. The summed E-state index contributed by atoms with van der Waals surface area (Å²) >= 11 is 5.90. The Labute approximate surface area is 157 Å². The molecule has 0 atom stereocenters. The molecule has 0 aromatic heterocycles. The van der Waals surface area contributed by atoms with Gasteiger partial charge < -0.3 is 9.80 Å². The summed E-state index contributed by atoms with van der Waals surface area (Å²) in [4.78, 5) is 27.9. The van der Waals surface area contributed by atoms with Gasteiger partial charge in [-0.3, -0.25) is 9.59 Å². The minimum Gasteiger partial charge on any atom is -0.359 e. The normalized spacial score (nSPS) is 14.3. The van der Waals surface area contributed by atoms with Crippen molar-refractivity contribution in [2.24, 2.45) is 0 Å². The van der Waals surface area contributed by atoms with Crippen LogP contribution in [0.2, 0.25) is 5.02 Å². The summed E-state index contributed by atoms with van der Waals surface area (Å²) in [5.74, 6) is -0.0771. The van der Waals surface area contributed by atoms with E-state index in [0.717, 1.165) is 5.56 Å². The average Bonchev–Trinajstić information content (AvgIpc) is 2.64. The highest BCUT2D eigenvalue weighted by Gasteiger charge is 2.26. The molecule has 1 amide bonds. The monoisotopic (exact) mass is 367 g/mol. The maximum Gasteiger partial charge on any atom is 0.242 e. The fourth-order valence-corrected chi connectivity index (χ4v) is 3.12.